The maximum absolute atomic E-state index is 12.3. The van der Waals surface area contributed by atoms with E-state index in [1.54, 1.807) is 31.2 Å². The van der Waals surface area contributed by atoms with Crippen molar-refractivity contribution >= 4 is 33.0 Å². The lowest BCUT2D eigenvalue weighted by Crippen LogP contribution is -2.05. The summed E-state index contributed by atoms with van der Waals surface area (Å²) >= 11 is 6.91. The molecular formula is C12H9ClN4O3S2. The largest absolute Gasteiger partial charge is 0.407 e. The molecule has 7 nitrogen and oxygen atoms in total. The van der Waals surface area contributed by atoms with Gasteiger partial charge in [-0.2, -0.15) is 0 Å². The SMILES string of the molecule is Cc1nnsc1-c1nnc(S(=O)(=O)Cc2cccc(Cl)c2)o1. The van der Waals surface area contributed by atoms with Gasteiger partial charge in [0.25, 0.3) is 5.89 Å². The summed E-state index contributed by atoms with van der Waals surface area (Å²) < 4.78 is 33.6. The molecule has 114 valence electrons. The van der Waals surface area contributed by atoms with Gasteiger partial charge in [-0.1, -0.05) is 33.3 Å². The summed E-state index contributed by atoms with van der Waals surface area (Å²) in [4.78, 5) is 0.553. The molecule has 0 saturated heterocycles. The van der Waals surface area contributed by atoms with Gasteiger partial charge >= 0.3 is 5.22 Å². The van der Waals surface area contributed by atoms with E-state index < -0.39 is 15.1 Å². The Bertz CT molecular complexity index is 920. The number of sulfone groups is 1. The van der Waals surface area contributed by atoms with Crippen molar-refractivity contribution in [1.82, 2.24) is 19.8 Å². The lowest BCUT2D eigenvalue weighted by molar-refractivity contribution is 0.440. The number of hydrogen-bond donors (Lipinski definition) is 0. The number of hydrogen-bond acceptors (Lipinski definition) is 8. The highest BCUT2D eigenvalue weighted by molar-refractivity contribution is 7.90. The first-order valence-corrected chi connectivity index (χ1v) is 8.86. The number of rotatable bonds is 4. The smallest absolute Gasteiger partial charge is 0.336 e. The van der Waals surface area contributed by atoms with E-state index in [9.17, 15) is 8.42 Å². The van der Waals surface area contributed by atoms with Crippen molar-refractivity contribution in [3.63, 3.8) is 0 Å². The monoisotopic (exact) mass is 356 g/mol. The highest BCUT2D eigenvalue weighted by Crippen LogP contribution is 2.26. The Kier molecular flexibility index (Phi) is 3.94. The predicted octanol–water partition coefficient (Wildman–Crippen LogP) is 2.52. The standard InChI is InChI=1S/C12H9ClN4O3S2/c1-7-10(21-17-14-7)11-15-16-12(20-11)22(18,19)6-8-3-2-4-9(13)5-8/h2-5H,6H2,1H3. The van der Waals surface area contributed by atoms with Crippen LogP contribution in [0.3, 0.4) is 0 Å². The maximum atomic E-state index is 12.3. The molecule has 10 heteroatoms. The third kappa shape index (κ3) is 3.01. The Morgan fingerprint density at radius 3 is 2.77 bits per heavy atom. The van der Waals surface area contributed by atoms with E-state index in [1.807, 2.05) is 0 Å². The fourth-order valence-corrected chi connectivity index (χ4v) is 3.67. The molecule has 3 aromatic rings. The van der Waals surface area contributed by atoms with Gasteiger partial charge < -0.3 is 4.42 Å². The Labute approximate surface area is 135 Å². The third-order valence-electron chi connectivity index (χ3n) is 2.76. The van der Waals surface area contributed by atoms with Crippen LogP contribution in [0.5, 0.6) is 0 Å². The average Bonchev–Trinajstić information content (AvgIpc) is 3.06. The van der Waals surface area contributed by atoms with E-state index in [-0.39, 0.29) is 11.6 Å². The van der Waals surface area contributed by atoms with Gasteiger partial charge in [0, 0.05) is 5.02 Å². The summed E-state index contributed by atoms with van der Waals surface area (Å²) in [7, 11) is -3.75. The van der Waals surface area contributed by atoms with Crippen LogP contribution in [0, 0.1) is 6.92 Å². The molecule has 0 saturated carbocycles. The predicted molar refractivity (Wildman–Crippen MR) is 80.3 cm³/mol. The van der Waals surface area contributed by atoms with Gasteiger partial charge in [0.2, 0.25) is 9.84 Å². The first-order valence-electron chi connectivity index (χ1n) is 6.06. The third-order valence-corrected chi connectivity index (χ3v) is 5.23. The zero-order valence-corrected chi connectivity index (χ0v) is 13.6. The van der Waals surface area contributed by atoms with Gasteiger partial charge in [-0.15, -0.1) is 10.2 Å². The lowest BCUT2D eigenvalue weighted by atomic mass is 10.2. The number of aromatic nitrogens is 4. The topological polar surface area (TPSA) is 98.8 Å². The molecule has 2 aromatic heterocycles. The Morgan fingerprint density at radius 1 is 1.27 bits per heavy atom. The maximum Gasteiger partial charge on any atom is 0.336 e. The van der Waals surface area contributed by atoms with E-state index >= 15 is 0 Å². The minimum absolute atomic E-state index is 0.0946. The highest BCUT2D eigenvalue weighted by atomic mass is 35.5. The van der Waals surface area contributed by atoms with Crippen molar-refractivity contribution in [3.05, 3.63) is 40.5 Å². The van der Waals surface area contributed by atoms with Crippen LogP contribution in [0.1, 0.15) is 11.3 Å². The van der Waals surface area contributed by atoms with Crippen LogP contribution in [-0.2, 0) is 15.6 Å². The van der Waals surface area contributed by atoms with Gasteiger partial charge in [0.15, 0.2) is 0 Å². The quantitative estimate of drug-likeness (QED) is 0.708. The molecule has 0 amide bonds. The minimum atomic E-state index is -3.75. The summed E-state index contributed by atoms with van der Waals surface area (Å²) in [5.41, 5.74) is 1.15. The second-order valence-corrected chi connectivity index (χ2v) is 7.51. The van der Waals surface area contributed by atoms with Crippen LogP contribution in [0.4, 0.5) is 0 Å². The van der Waals surface area contributed by atoms with E-state index in [2.05, 4.69) is 19.8 Å². The molecule has 2 heterocycles. The Hall–Kier alpha value is -1.84. The number of halogens is 1. The fourth-order valence-electron chi connectivity index (χ4n) is 1.76. The van der Waals surface area contributed by atoms with Crippen LogP contribution in [0.15, 0.2) is 33.9 Å². The highest BCUT2D eigenvalue weighted by Gasteiger charge is 2.25. The second-order valence-electron chi connectivity index (χ2n) is 4.45. The number of nitrogens with zero attached hydrogens (tertiary/aromatic N) is 4. The zero-order valence-electron chi connectivity index (χ0n) is 11.2. The molecule has 1 aromatic carbocycles. The summed E-state index contributed by atoms with van der Waals surface area (Å²) in [5, 5.41) is 11.2. The van der Waals surface area contributed by atoms with Crippen LogP contribution in [0.25, 0.3) is 10.8 Å². The van der Waals surface area contributed by atoms with E-state index in [1.165, 1.54) is 0 Å². The first kappa shape index (κ1) is 15.1. The van der Waals surface area contributed by atoms with Crippen molar-refractivity contribution in [1.29, 1.82) is 0 Å². The summed E-state index contributed by atoms with van der Waals surface area (Å²) in [6.07, 6.45) is 0. The van der Waals surface area contributed by atoms with Gasteiger partial charge in [0.05, 0.1) is 11.4 Å². The molecule has 0 aliphatic rings. The van der Waals surface area contributed by atoms with Gasteiger partial charge in [-0.25, -0.2) is 8.42 Å². The van der Waals surface area contributed by atoms with E-state index in [0.29, 0.717) is 21.2 Å². The average molecular weight is 357 g/mol. The molecule has 0 N–H and O–H groups in total. The van der Waals surface area contributed by atoms with Crippen molar-refractivity contribution < 1.29 is 12.8 Å². The molecule has 0 spiro atoms. The van der Waals surface area contributed by atoms with Crippen LogP contribution >= 0.6 is 23.1 Å². The molecule has 3 rings (SSSR count). The molecule has 0 unspecified atom stereocenters. The van der Waals surface area contributed by atoms with Gasteiger partial charge in [0.1, 0.15) is 4.88 Å². The molecule has 22 heavy (non-hydrogen) atoms. The minimum Gasteiger partial charge on any atom is -0.407 e. The van der Waals surface area contributed by atoms with Crippen molar-refractivity contribution in [3.8, 4) is 10.8 Å². The summed E-state index contributed by atoms with van der Waals surface area (Å²) in [6, 6.07) is 6.59. The number of benzene rings is 1. The molecule has 0 atom stereocenters. The Balaban J connectivity index is 1.90. The van der Waals surface area contributed by atoms with Crippen molar-refractivity contribution in [2.45, 2.75) is 17.9 Å². The van der Waals surface area contributed by atoms with Crippen molar-refractivity contribution in [2.75, 3.05) is 0 Å². The van der Waals surface area contributed by atoms with Crippen molar-refractivity contribution in [2.24, 2.45) is 0 Å². The molecule has 0 radical (unpaired) electrons. The van der Waals surface area contributed by atoms with Gasteiger partial charge in [-0.3, -0.25) is 0 Å². The fraction of sp³-hybridized carbons (Fsp3) is 0.167. The molecule has 0 fully saturated rings. The molecule has 0 aliphatic heterocycles. The molecule has 0 bridgehead atoms. The first-order chi connectivity index (χ1) is 10.5. The molecular weight excluding hydrogens is 348 g/mol. The lowest BCUT2D eigenvalue weighted by Gasteiger charge is -2.00. The van der Waals surface area contributed by atoms with E-state index in [4.69, 9.17) is 16.0 Å². The second kappa shape index (κ2) is 5.75. The zero-order chi connectivity index (χ0) is 15.7. The number of aryl methyl sites for hydroxylation is 1. The van der Waals surface area contributed by atoms with Crippen LogP contribution in [0.2, 0.25) is 5.02 Å². The normalized spacial score (nSPS) is 11.7. The Morgan fingerprint density at radius 2 is 2.09 bits per heavy atom. The molecule has 0 aliphatic carbocycles. The van der Waals surface area contributed by atoms with Crippen LogP contribution in [-0.4, -0.2) is 28.2 Å². The van der Waals surface area contributed by atoms with Crippen LogP contribution < -0.4 is 0 Å². The summed E-state index contributed by atoms with van der Waals surface area (Å²) in [6.45, 7) is 1.73. The van der Waals surface area contributed by atoms with E-state index in [0.717, 1.165) is 11.5 Å². The summed E-state index contributed by atoms with van der Waals surface area (Å²) in [5.74, 6) is -0.174. The van der Waals surface area contributed by atoms with Gasteiger partial charge in [-0.05, 0) is 36.2 Å².